The van der Waals surface area contributed by atoms with E-state index in [9.17, 15) is 9.18 Å². The summed E-state index contributed by atoms with van der Waals surface area (Å²) < 4.78 is 19.7. The molecule has 4 aromatic carbocycles. The maximum Gasteiger partial charge on any atom is 0.252 e. The lowest BCUT2D eigenvalue weighted by atomic mass is 9.84. The number of hydrogen-bond donors (Lipinski definition) is 1. The van der Waals surface area contributed by atoms with Crippen LogP contribution in [0.1, 0.15) is 41.3 Å². The molecule has 5 rings (SSSR count). The van der Waals surface area contributed by atoms with Crippen molar-refractivity contribution in [1.82, 2.24) is 5.32 Å². The molecular formula is C31H26FNO2S. The third-order valence-electron chi connectivity index (χ3n) is 6.10. The van der Waals surface area contributed by atoms with E-state index in [4.69, 9.17) is 4.74 Å². The van der Waals surface area contributed by atoms with Gasteiger partial charge in [-0.05, 0) is 92.9 Å². The number of carbonyl (C=O) groups excluding carboxylic acids is 1. The summed E-state index contributed by atoms with van der Waals surface area (Å²) in [5.74, 6) is 0.311. The van der Waals surface area contributed by atoms with Crippen molar-refractivity contribution in [3.8, 4) is 21.9 Å². The number of carbonyl (C=O) groups is 1. The molecule has 0 bridgehead atoms. The molecule has 0 atom stereocenters. The van der Waals surface area contributed by atoms with Crippen molar-refractivity contribution >= 4 is 28.0 Å². The molecule has 5 aromatic rings. The van der Waals surface area contributed by atoms with E-state index in [1.807, 2.05) is 53.9 Å². The average molecular weight is 496 g/mol. The molecule has 0 saturated heterocycles. The highest BCUT2D eigenvalue weighted by Gasteiger charge is 2.22. The zero-order chi connectivity index (χ0) is 25.1. The fraction of sp³-hybridized carbons (Fsp3) is 0.129. The lowest BCUT2D eigenvalue weighted by molar-refractivity contribution is 0.0951. The van der Waals surface area contributed by atoms with Gasteiger partial charge in [-0.1, -0.05) is 56.3 Å². The van der Waals surface area contributed by atoms with Gasteiger partial charge in [0.1, 0.15) is 11.6 Å². The standard InChI is InChI=1S/C31H26FNO2S/c1-20(2)29-27(22-9-4-3-5-10-22)18-23-17-25(35-28-12-7-15-36-28)13-14-26(23)30(29)31(34)33-19-21-8-6-11-24(32)16-21/h3-18,20H,19H2,1-2H3,(H,33,34). The number of hydrogen-bond acceptors (Lipinski definition) is 3. The van der Waals surface area contributed by atoms with Crippen LogP contribution in [0.4, 0.5) is 4.39 Å². The van der Waals surface area contributed by atoms with Gasteiger partial charge in [0.2, 0.25) is 0 Å². The Bertz CT molecular complexity index is 1510. The molecule has 0 aliphatic heterocycles. The van der Waals surface area contributed by atoms with E-state index >= 15 is 0 Å². The van der Waals surface area contributed by atoms with Crippen molar-refractivity contribution < 1.29 is 13.9 Å². The van der Waals surface area contributed by atoms with Crippen LogP contribution in [0.15, 0.2) is 96.4 Å². The Morgan fingerprint density at radius 3 is 2.50 bits per heavy atom. The van der Waals surface area contributed by atoms with Crippen LogP contribution < -0.4 is 10.1 Å². The Morgan fingerprint density at radius 1 is 0.944 bits per heavy atom. The third-order valence-corrected chi connectivity index (χ3v) is 6.84. The summed E-state index contributed by atoms with van der Waals surface area (Å²) in [5.41, 5.74) is 4.40. The molecule has 1 amide bonds. The number of amides is 1. The number of thiophene rings is 1. The molecule has 180 valence electrons. The SMILES string of the molecule is CC(C)c1c(-c2ccccc2)cc2cc(Oc3cccs3)ccc2c1C(=O)NCc1cccc(F)c1. The second-order valence-corrected chi connectivity index (χ2v) is 9.87. The highest BCUT2D eigenvalue weighted by molar-refractivity contribution is 7.11. The van der Waals surface area contributed by atoms with Crippen LogP contribution in [-0.2, 0) is 6.54 Å². The van der Waals surface area contributed by atoms with Gasteiger partial charge >= 0.3 is 0 Å². The minimum atomic E-state index is -0.320. The van der Waals surface area contributed by atoms with Crippen molar-refractivity contribution in [3.63, 3.8) is 0 Å². The summed E-state index contributed by atoms with van der Waals surface area (Å²) in [6, 6.07) is 28.3. The summed E-state index contributed by atoms with van der Waals surface area (Å²) >= 11 is 1.53. The molecule has 1 N–H and O–H groups in total. The summed E-state index contributed by atoms with van der Waals surface area (Å²) in [4.78, 5) is 13.7. The van der Waals surface area contributed by atoms with Gasteiger partial charge < -0.3 is 10.1 Å². The number of ether oxygens (including phenoxy) is 1. The van der Waals surface area contributed by atoms with Crippen LogP contribution in [0.3, 0.4) is 0 Å². The van der Waals surface area contributed by atoms with Crippen molar-refractivity contribution in [2.24, 2.45) is 0 Å². The summed E-state index contributed by atoms with van der Waals surface area (Å²) in [6.07, 6.45) is 0. The van der Waals surface area contributed by atoms with Gasteiger partial charge in [0.15, 0.2) is 5.06 Å². The third kappa shape index (κ3) is 5.02. The zero-order valence-corrected chi connectivity index (χ0v) is 20.9. The highest BCUT2D eigenvalue weighted by atomic mass is 32.1. The number of nitrogens with one attached hydrogen (secondary N) is 1. The van der Waals surface area contributed by atoms with Crippen LogP contribution in [0.25, 0.3) is 21.9 Å². The molecule has 1 aromatic heterocycles. The zero-order valence-electron chi connectivity index (χ0n) is 20.1. The van der Waals surface area contributed by atoms with Crippen LogP contribution in [0, 0.1) is 5.82 Å². The van der Waals surface area contributed by atoms with Gasteiger partial charge in [-0.25, -0.2) is 4.39 Å². The fourth-order valence-corrected chi connectivity index (χ4v) is 5.11. The fourth-order valence-electron chi connectivity index (χ4n) is 4.52. The number of fused-ring (bicyclic) bond motifs is 1. The molecule has 5 heteroatoms. The first kappa shape index (κ1) is 23.8. The molecule has 0 aliphatic carbocycles. The van der Waals surface area contributed by atoms with Gasteiger partial charge in [0.25, 0.3) is 5.91 Å². The van der Waals surface area contributed by atoms with Crippen molar-refractivity contribution in [1.29, 1.82) is 0 Å². The summed E-state index contributed by atoms with van der Waals surface area (Å²) in [6.45, 7) is 4.45. The molecule has 0 unspecified atom stereocenters. The van der Waals surface area contributed by atoms with E-state index in [-0.39, 0.29) is 24.2 Å². The smallest absolute Gasteiger partial charge is 0.252 e. The van der Waals surface area contributed by atoms with Crippen LogP contribution in [0.5, 0.6) is 10.8 Å². The number of halogens is 1. The maximum absolute atomic E-state index is 13.7. The minimum Gasteiger partial charge on any atom is -0.447 e. The monoisotopic (exact) mass is 495 g/mol. The molecule has 0 aliphatic rings. The predicted octanol–water partition coefficient (Wildman–Crippen LogP) is 8.55. The molecule has 36 heavy (non-hydrogen) atoms. The quantitative estimate of drug-likeness (QED) is 0.246. The lowest BCUT2D eigenvalue weighted by Gasteiger charge is -2.21. The Morgan fingerprint density at radius 2 is 1.78 bits per heavy atom. The predicted molar refractivity (Wildman–Crippen MR) is 145 cm³/mol. The van der Waals surface area contributed by atoms with E-state index < -0.39 is 0 Å². The van der Waals surface area contributed by atoms with Gasteiger partial charge in [-0.15, -0.1) is 11.3 Å². The van der Waals surface area contributed by atoms with Gasteiger partial charge in [-0.3, -0.25) is 4.79 Å². The van der Waals surface area contributed by atoms with Gasteiger partial charge in [-0.2, -0.15) is 0 Å². The minimum absolute atomic E-state index is 0.0987. The first-order valence-corrected chi connectivity index (χ1v) is 12.8. The Labute approximate surface area is 214 Å². The molecule has 0 spiro atoms. The molecule has 0 radical (unpaired) electrons. The maximum atomic E-state index is 13.7. The molecule has 1 heterocycles. The van der Waals surface area contributed by atoms with E-state index in [2.05, 4.69) is 37.4 Å². The highest BCUT2D eigenvalue weighted by Crippen LogP contribution is 2.39. The van der Waals surface area contributed by atoms with E-state index in [0.717, 1.165) is 32.5 Å². The second-order valence-electron chi connectivity index (χ2n) is 8.96. The topological polar surface area (TPSA) is 38.3 Å². The first-order valence-electron chi connectivity index (χ1n) is 11.9. The number of rotatable bonds is 7. The first-order chi connectivity index (χ1) is 17.5. The largest absolute Gasteiger partial charge is 0.447 e. The molecule has 3 nitrogen and oxygen atoms in total. The normalized spacial score (nSPS) is 11.1. The lowest BCUT2D eigenvalue weighted by Crippen LogP contribution is -2.25. The van der Waals surface area contributed by atoms with Crippen LogP contribution in [0.2, 0.25) is 0 Å². The van der Waals surface area contributed by atoms with Crippen molar-refractivity contribution in [2.75, 3.05) is 0 Å². The molecule has 0 saturated carbocycles. The number of benzene rings is 4. The Hall–Kier alpha value is -3.96. The van der Waals surface area contributed by atoms with Crippen LogP contribution >= 0.6 is 11.3 Å². The van der Waals surface area contributed by atoms with E-state index in [1.54, 1.807) is 12.1 Å². The van der Waals surface area contributed by atoms with E-state index in [1.165, 1.54) is 23.5 Å². The second kappa shape index (κ2) is 10.3. The Kier molecular flexibility index (Phi) is 6.83. The van der Waals surface area contributed by atoms with Crippen LogP contribution in [-0.4, -0.2) is 5.91 Å². The summed E-state index contributed by atoms with van der Waals surface area (Å²) in [7, 11) is 0. The molecular weight excluding hydrogens is 469 g/mol. The van der Waals surface area contributed by atoms with Crippen molar-refractivity contribution in [3.05, 3.63) is 119 Å². The summed E-state index contributed by atoms with van der Waals surface area (Å²) in [5, 5.41) is 7.58. The van der Waals surface area contributed by atoms with Gasteiger partial charge in [0, 0.05) is 6.54 Å². The molecule has 0 fully saturated rings. The van der Waals surface area contributed by atoms with Gasteiger partial charge in [0.05, 0.1) is 5.56 Å². The van der Waals surface area contributed by atoms with Crippen molar-refractivity contribution in [2.45, 2.75) is 26.3 Å². The average Bonchev–Trinajstić information content (AvgIpc) is 3.39. The Balaban J connectivity index is 1.64. The van der Waals surface area contributed by atoms with E-state index in [0.29, 0.717) is 16.9 Å².